The van der Waals surface area contributed by atoms with Crippen LogP contribution >= 0.6 is 0 Å². The molecule has 12 heteroatoms. The second kappa shape index (κ2) is 9.84. The van der Waals surface area contributed by atoms with E-state index in [4.69, 9.17) is 0 Å². The summed E-state index contributed by atoms with van der Waals surface area (Å²) in [5.74, 6) is -1.14. The molecule has 1 aromatic carbocycles. The van der Waals surface area contributed by atoms with Crippen molar-refractivity contribution in [3.8, 4) is 5.75 Å². The van der Waals surface area contributed by atoms with E-state index < -0.39 is 34.2 Å². The Bertz CT molecular complexity index is 1010. The van der Waals surface area contributed by atoms with Gasteiger partial charge in [0.2, 0.25) is 15.9 Å². The first-order valence-electron chi connectivity index (χ1n) is 9.78. The van der Waals surface area contributed by atoms with Crippen LogP contribution in [0.4, 0.5) is 13.2 Å². The first kappa shape index (κ1) is 24.0. The Hall–Kier alpha value is -2.70. The van der Waals surface area contributed by atoms with Gasteiger partial charge in [-0.05, 0) is 42.7 Å². The fourth-order valence-electron chi connectivity index (χ4n) is 3.36. The molecule has 32 heavy (non-hydrogen) atoms. The minimum absolute atomic E-state index is 0.0951. The third-order valence-corrected chi connectivity index (χ3v) is 6.95. The monoisotopic (exact) mass is 473 g/mol. The molecule has 0 bridgehead atoms. The highest BCUT2D eigenvalue weighted by Crippen LogP contribution is 2.25. The lowest BCUT2D eigenvalue weighted by Gasteiger charge is -2.30. The van der Waals surface area contributed by atoms with E-state index in [2.05, 4.69) is 15.0 Å². The van der Waals surface area contributed by atoms with Gasteiger partial charge in [-0.3, -0.25) is 9.78 Å². The third kappa shape index (κ3) is 6.17. The van der Waals surface area contributed by atoms with E-state index in [-0.39, 0.29) is 30.4 Å². The summed E-state index contributed by atoms with van der Waals surface area (Å²) >= 11 is 0. The number of hydrogen-bond donors (Lipinski definition) is 2. The highest BCUT2D eigenvalue weighted by atomic mass is 32.2. The van der Waals surface area contributed by atoms with Crippen molar-refractivity contribution in [3.05, 3.63) is 54.4 Å². The molecule has 2 N–H and O–H groups in total. The Balaban J connectivity index is 1.48. The number of nitrogens with zero attached hydrogens (tertiary/aromatic N) is 2. The van der Waals surface area contributed by atoms with E-state index in [0.29, 0.717) is 18.4 Å². The van der Waals surface area contributed by atoms with Crippen LogP contribution in [0.3, 0.4) is 0 Å². The van der Waals surface area contributed by atoms with Crippen LogP contribution in [0.2, 0.25) is 0 Å². The molecule has 1 fully saturated rings. The molecule has 3 rings (SSSR count). The minimum Gasteiger partial charge on any atom is -0.406 e. The fourth-order valence-corrected chi connectivity index (χ4v) is 4.79. The Morgan fingerprint density at radius 2 is 1.88 bits per heavy atom. The zero-order valence-corrected chi connectivity index (χ0v) is 17.6. The SMILES string of the molecule is O=C(NCC(O)c1ccc(OC(F)(F)F)cc1)C1CCN(S(=O)(=O)c2cccnc2)CC1. The summed E-state index contributed by atoms with van der Waals surface area (Å²) in [6, 6.07) is 7.71. The maximum Gasteiger partial charge on any atom is 0.573 e. The molecule has 8 nitrogen and oxygen atoms in total. The number of hydrogen-bond acceptors (Lipinski definition) is 6. The van der Waals surface area contributed by atoms with Crippen molar-refractivity contribution in [1.29, 1.82) is 0 Å². The van der Waals surface area contributed by atoms with Crippen molar-refractivity contribution >= 4 is 15.9 Å². The van der Waals surface area contributed by atoms with E-state index in [1.165, 1.54) is 41.0 Å². The number of halogens is 3. The number of alkyl halides is 3. The zero-order valence-electron chi connectivity index (χ0n) is 16.8. The van der Waals surface area contributed by atoms with Crippen molar-refractivity contribution < 1.29 is 36.2 Å². The zero-order chi connectivity index (χ0) is 23.4. The fraction of sp³-hybridized carbons (Fsp3) is 0.400. The molecule has 1 amide bonds. The van der Waals surface area contributed by atoms with Crippen LogP contribution in [0.5, 0.6) is 5.75 Å². The van der Waals surface area contributed by atoms with E-state index in [9.17, 15) is 31.5 Å². The second-order valence-electron chi connectivity index (χ2n) is 7.24. The predicted octanol–water partition coefficient (Wildman–Crippen LogP) is 2.23. The molecule has 1 unspecified atom stereocenters. The van der Waals surface area contributed by atoms with Crippen molar-refractivity contribution in [3.63, 3.8) is 0 Å². The van der Waals surface area contributed by atoms with Crippen LogP contribution in [0.1, 0.15) is 24.5 Å². The number of amides is 1. The molecule has 0 spiro atoms. The van der Waals surface area contributed by atoms with Crippen LogP contribution < -0.4 is 10.1 Å². The summed E-state index contributed by atoms with van der Waals surface area (Å²) < 4.78 is 66.9. The Labute approximate surface area is 183 Å². The van der Waals surface area contributed by atoms with Gasteiger partial charge in [-0.25, -0.2) is 8.42 Å². The highest BCUT2D eigenvalue weighted by Gasteiger charge is 2.33. The van der Waals surface area contributed by atoms with Crippen LogP contribution in [0, 0.1) is 5.92 Å². The summed E-state index contributed by atoms with van der Waals surface area (Å²) in [5, 5.41) is 12.8. The molecule has 1 aliphatic rings. The van der Waals surface area contributed by atoms with Crippen LogP contribution in [0.15, 0.2) is 53.7 Å². The molecule has 0 aliphatic carbocycles. The van der Waals surface area contributed by atoms with Gasteiger partial charge in [-0.15, -0.1) is 13.2 Å². The van der Waals surface area contributed by atoms with Gasteiger partial charge in [0.05, 0.1) is 6.10 Å². The van der Waals surface area contributed by atoms with Gasteiger partial charge in [0.15, 0.2) is 0 Å². The maximum absolute atomic E-state index is 12.6. The van der Waals surface area contributed by atoms with Crippen molar-refractivity contribution in [2.45, 2.75) is 30.2 Å². The van der Waals surface area contributed by atoms with Gasteiger partial charge < -0.3 is 15.2 Å². The average molecular weight is 473 g/mol. The van der Waals surface area contributed by atoms with Crippen molar-refractivity contribution in [1.82, 2.24) is 14.6 Å². The third-order valence-electron chi connectivity index (χ3n) is 5.06. The number of benzene rings is 1. The highest BCUT2D eigenvalue weighted by molar-refractivity contribution is 7.89. The van der Waals surface area contributed by atoms with Crippen LogP contribution in [-0.2, 0) is 14.8 Å². The molecule has 2 aromatic rings. The number of aromatic nitrogens is 1. The summed E-state index contributed by atoms with van der Waals surface area (Å²) in [6.45, 7) is 0.226. The Kier molecular flexibility index (Phi) is 7.36. The maximum atomic E-state index is 12.6. The van der Waals surface area contributed by atoms with Crippen LogP contribution in [0.25, 0.3) is 0 Å². The number of aliphatic hydroxyl groups is 1. The first-order chi connectivity index (χ1) is 15.1. The van der Waals surface area contributed by atoms with E-state index in [1.807, 2.05) is 0 Å². The number of sulfonamides is 1. The van der Waals surface area contributed by atoms with Gasteiger partial charge >= 0.3 is 6.36 Å². The molecular formula is C20H22F3N3O5S. The topological polar surface area (TPSA) is 109 Å². The summed E-state index contributed by atoms with van der Waals surface area (Å²) in [7, 11) is -3.67. The smallest absolute Gasteiger partial charge is 0.406 e. The predicted molar refractivity (Wildman–Crippen MR) is 107 cm³/mol. The van der Waals surface area contributed by atoms with Crippen molar-refractivity contribution in [2.75, 3.05) is 19.6 Å². The quantitative estimate of drug-likeness (QED) is 0.639. The van der Waals surface area contributed by atoms with Gasteiger partial charge in [0.25, 0.3) is 0 Å². The molecule has 174 valence electrons. The number of carbonyl (C=O) groups is 1. The molecular weight excluding hydrogens is 451 g/mol. The molecule has 1 aliphatic heterocycles. The van der Waals surface area contributed by atoms with Gasteiger partial charge in [0.1, 0.15) is 10.6 Å². The largest absolute Gasteiger partial charge is 0.573 e. The molecule has 0 saturated carbocycles. The average Bonchev–Trinajstić information content (AvgIpc) is 2.77. The number of nitrogens with one attached hydrogen (secondary N) is 1. The summed E-state index contributed by atoms with van der Waals surface area (Å²) in [4.78, 5) is 16.3. The lowest BCUT2D eigenvalue weighted by Crippen LogP contribution is -2.43. The summed E-state index contributed by atoms with van der Waals surface area (Å²) in [5.41, 5.74) is 0.317. The van der Waals surface area contributed by atoms with Gasteiger partial charge in [-0.1, -0.05) is 12.1 Å². The standard InChI is InChI=1S/C20H22F3N3O5S/c21-20(22,23)31-16-5-3-14(4-6-16)18(27)13-25-19(28)15-7-10-26(11-8-15)32(29,30)17-2-1-9-24-12-17/h1-6,9,12,15,18,27H,7-8,10-11,13H2,(H,25,28). The number of piperidine rings is 1. The normalized spacial score (nSPS) is 17.0. The molecule has 1 aromatic heterocycles. The summed E-state index contributed by atoms with van der Waals surface area (Å²) in [6.07, 6.45) is -2.52. The number of aliphatic hydroxyl groups excluding tert-OH is 1. The second-order valence-corrected chi connectivity index (χ2v) is 9.18. The number of carbonyl (C=O) groups excluding carboxylic acids is 1. The number of rotatable bonds is 7. The number of ether oxygens (including phenoxy) is 1. The minimum atomic E-state index is -4.80. The first-order valence-corrected chi connectivity index (χ1v) is 11.2. The van der Waals surface area contributed by atoms with E-state index >= 15 is 0 Å². The molecule has 0 radical (unpaired) electrons. The lowest BCUT2D eigenvalue weighted by molar-refractivity contribution is -0.274. The molecule has 2 heterocycles. The molecule has 1 saturated heterocycles. The molecule has 1 atom stereocenters. The van der Waals surface area contributed by atoms with E-state index in [0.717, 1.165) is 12.1 Å². The number of pyridine rings is 1. The van der Waals surface area contributed by atoms with E-state index in [1.54, 1.807) is 0 Å². The lowest BCUT2D eigenvalue weighted by atomic mass is 9.97. The Morgan fingerprint density at radius 3 is 2.44 bits per heavy atom. The Morgan fingerprint density at radius 1 is 1.22 bits per heavy atom. The van der Waals surface area contributed by atoms with Crippen molar-refractivity contribution in [2.24, 2.45) is 5.92 Å². The van der Waals surface area contributed by atoms with Gasteiger partial charge in [-0.2, -0.15) is 4.31 Å². The van der Waals surface area contributed by atoms with Crippen LogP contribution in [-0.4, -0.2) is 54.7 Å². The van der Waals surface area contributed by atoms with Gasteiger partial charge in [0, 0.05) is 37.9 Å².